The second kappa shape index (κ2) is 8.31. The number of primary amides is 1. The number of carbonyl (C=O) groups is 1. The van der Waals surface area contributed by atoms with Gasteiger partial charge in [0.15, 0.2) is 0 Å². The summed E-state index contributed by atoms with van der Waals surface area (Å²) in [5.41, 5.74) is 16.0. The van der Waals surface area contributed by atoms with E-state index >= 15 is 0 Å². The summed E-state index contributed by atoms with van der Waals surface area (Å²) < 4.78 is 1.99. The zero-order valence-electron chi connectivity index (χ0n) is 14.6. The molecule has 0 radical (unpaired) electrons. The van der Waals surface area contributed by atoms with Crippen LogP contribution in [0.25, 0.3) is 0 Å². The van der Waals surface area contributed by atoms with Gasteiger partial charge in [0, 0.05) is 18.7 Å². The van der Waals surface area contributed by atoms with E-state index in [4.69, 9.17) is 11.5 Å². The van der Waals surface area contributed by atoms with Crippen molar-refractivity contribution in [3.05, 3.63) is 83.4 Å². The Bertz CT molecular complexity index is 873. The highest BCUT2D eigenvalue weighted by molar-refractivity contribution is 5.76. The van der Waals surface area contributed by atoms with Gasteiger partial charge in [-0.05, 0) is 23.3 Å². The molecule has 6 heteroatoms. The lowest BCUT2D eigenvalue weighted by Crippen LogP contribution is -2.18. The molecule has 3 rings (SSSR count). The Morgan fingerprint density at radius 3 is 2.58 bits per heavy atom. The maximum Gasteiger partial charge on any atom is 0.223 e. The fourth-order valence-corrected chi connectivity index (χ4v) is 2.99. The third-order valence-electron chi connectivity index (χ3n) is 4.17. The number of amides is 1. The van der Waals surface area contributed by atoms with Crippen LogP contribution in [-0.2, 0) is 24.2 Å². The monoisotopic (exact) mass is 349 g/mol. The second-order valence-corrected chi connectivity index (χ2v) is 6.15. The van der Waals surface area contributed by atoms with Gasteiger partial charge in [-0.1, -0.05) is 42.5 Å². The topological polar surface area (TPSA) is 99.0 Å². The van der Waals surface area contributed by atoms with Crippen LogP contribution in [0.1, 0.15) is 22.5 Å². The van der Waals surface area contributed by atoms with Gasteiger partial charge in [-0.15, -0.1) is 0 Å². The lowest BCUT2D eigenvalue weighted by molar-refractivity contribution is -0.117. The van der Waals surface area contributed by atoms with Crippen LogP contribution in [0.4, 0.5) is 5.69 Å². The quantitative estimate of drug-likeness (QED) is 0.541. The van der Waals surface area contributed by atoms with Crippen LogP contribution in [0.3, 0.4) is 0 Å². The molecular weight excluding hydrogens is 326 g/mol. The SMILES string of the molecule is NCNc1cccc(Cn2cnc(Cc3ccccc3)c2CC(N)=O)c1. The van der Waals surface area contributed by atoms with Crippen LogP contribution in [0.2, 0.25) is 0 Å². The van der Waals surface area contributed by atoms with E-state index in [1.165, 1.54) is 0 Å². The van der Waals surface area contributed by atoms with Gasteiger partial charge in [-0.2, -0.15) is 0 Å². The summed E-state index contributed by atoms with van der Waals surface area (Å²) in [4.78, 5) is 16.1. The van der Waals surface area contributed by atoms with Gasteiger partial charge in [0.1, 0.15) is 0 Å². The molecular formula is C20H23N5O. The Morgan fingerprint density at radius 2 is 1.85 bits per heavy atom. The van der Waals surface area contributed by atoms with E-state index in [0.717, 1.165) is 28.2 Å². The number of nitrogens with two attached hydrogens (primary N) is 2. The van der Waals surface area contributed by atoms with Gasteiger partial charge in [-0.25, -0.2) is 4.98 Å². The van der Waals surface area contributed by atoms with Crippen molar-refractivity contribution in [3.8, 4) is 0 Å². The van der Waals surface area contributed by atoms with E-state index in [0.29, 0.717) is 19.6 Å². The molecule has 0 unspecified atom stereocenters. The van der Waals surface area contributed by atoms with Crippen molar-refractivity contribution in [1.82, 2.24) is 9.55 Å². The van der Waals surface area contributed by atoms with E-state index in [1.807, 2.05) is 47.0 Å². The molecule has 3 aromatic rings. The first kappa shape index (κ1) is 17.7. The van der Waals surface area contributed by atoms with E-state index in [-0.39, 0.29) is 12.3 Å². The fraction of sp³-hybridized carbons (Fsp3) is 0.200. The number of nitrogens with zero attached hydrogens (tertiary/aromatic N) is 2. The molecule has 5 N–H and O–H groups in total. The molecule has 0 bridgehead atoms. The van der Waals surface area contributed by atoms with Crippen LogP contribution in [0, 0.1) is 0 Å². The molecule has 0 saturated heterocycles. The molecule has 0 aliphatic carbocycles. The van der Waals surface area contributed by atoms with Gasteiger partial charge in [0.05, 0.1) is 30.8 Å². The Hall–Kier alpha value is -3.12. The van der Waals surface area contributed by atoms with Gasteiger partial charge >= 0.3 is 0 Å². The van der Waals surface area contributed by atoms with E-state index in [1.54, 1.807) is 6.33 Å². The number of benzene rings is 2. The van der Waals surface area contributed by atoms with Crippen molar-refractivity contribution in [3.63, 3.8) is 0 Å². The molecule has 1 aromatic heterocycles. The highest BCUT2D eigenvalue weighted by Gasteiger charge is 2.14. The summed E-state index contributed by atoms with van der Waals surface area (Å²) in [7, 11) is 0. The average molecular weight is 349 g/mol. The molecule has 1 amide bonds. The first-order valence-corrected chi connectivity index (χ1v) is 8.53. The van der Waals surface area contributed by atoms with Gasteiger partial charge < -0.3 is 21.4 Å². The molecule has 2 aromatic carbocycles. The average Bonchev–Trinajstić information content (AvgIpc) is 2.97. The maximum atomic E-state index is 11.6. The fourth-order valence-electron chi connectivity index (χ4n) is 2.99. The molecule has 0 aliphatic rings. The molecule has 6 nitrogen and oxygen atoms in total. The molecule has 1 heterocycles. The first-order valence-electron chi connectivity index (χ1n) is 8.53. The number of carbonyl (C=O) groups excluding carboxylic acids is 1. The number of anilines is 1. The molecule has 0 spiro atoms. The number of nitrogens with one attached hydrogen (secondary N) is 1. The summed E-state index contributed by atoms with van der Waals surface area (Å²) in [6.07, 6.45) is 2.62. The Kier molecular flexibility index (Phi) is 5.66. The minimum Gasteiger partial charge on any atom is -0.373 e. The van der Waals surface area contributed by atoms with E-state index in [9.17, 15) is 4.79 Å². The van der Waals surface area contributed by atoms with Crippen molar-refractivity contribution in [2.75, 3.05) is 12.0 Å². The molecule has 0 saturated carbocycles. The Labute approximate surface area is 152 Å². The highest BCUT2D eigenvalue weighted by Crippen LogP contribution is 2.17. The summed E-state index contributed by atoms with van der Waals surface area (Å²) >= 11 is 0. The first-order chi connectivity index (χ1) is 12.7. The largest absolute Gasteiger partial charge is 0.373 e. The number of hydrogen-bond acceptors (Lipinski definition) is 4. The number of imidazole rings is 1. The normalized spacial score (nSPS) is 10.7. The number of rotatable bonds is 8. The zero-order valence-corrected chi connectivity index (χ0v) is 14.6. The van der Waals surface area contributed by atoms with Crippen molar-refractivity contribution in [1.29, 1.82) is 0 Å². The molecule has 26 heavy (non-hydrogen) atoms. The van der Waals surface area contributed by atoms with E-state index < -0.39 is 0 Å². The highest BCUT2D eigenvalue weighted by atomic mass is 16.1. The molecule has 0 atom stereocenters. The second-order valence-electron chi connectivity index (χ2n) is 6.15. The van der Waals surface area contributed by atoms with Crippen LogP contribution in [0.5, 0.6) is 0 Å². The Morgan fingerprint density at radius 1 is 1.08 bits per heavy atom. The number of aromatic nitrogens is 2. The zero-order chi connectivity index (χ0) is 18.4. The summed E-state index contributed by atoms with van der Waals surface area (Å²) in [5.74, 6) is -0.361. The van der Waals surface area contributed by atoms with Crippen molar-refractivity contribution < 1.29 is 4.79 Å². The third kappa shape index (κ3) is 4.49. The lowest BCUT2D eigenvalue weighted by atomic mass is 10.1. The van der Waals surface area contributed by atoms with E-state index in [2.05, 4.69) is 22.4 Å². The predicted octanol–water partition coefficient (Wildman–Crippen LogP) is 1.88. The molecule has 0 fully saturated rings. The number of hydrogen-bond donors (Lipinski definition) is 3. The van der Waals surface area contributed by atoms with Crippen LogP contribution in [-0.4, -0.2) is 22.1 Å². The predicted molar refractivity (Wildman–Crippen MR) is 103 cm³/mol. The van der Waals surface area contributed by atoms with Gasteiger partial charge in [-0.3, -0.25) is 4.79 Å². The summed E-state index contributed by atoms with van der Waals surface area (Å²) in [6, 6.07) is 18.1. The Balaban J connectivity index is 1.86. The standard InChI is InChI=1S/C20H23N5O/c21-13-23-17-8-4-7-16(9-17)12-25-14-24-18(19(25)11-20(22)26)10-15-5-2-1-3-6-15/h1-9,14,23H,10-13,21H2,(H2,22,26). The maximum absolute atomic E-state index is 11.6. The van der Waals surface area contributed by atoms with Crippen molar-refractivity contribution in [2.24, 2.45) is 11.5 Å². The third-order valence-corrected chi connectivity index (χ3v) is 4.17. The molecule has 134 valence electrons. The minimum absolute atomic E-state index is 0.170. The minimum atomic E-state index is -0.361. The van der Waals surface area contributed by atoms with Gasteiger partial charge in [0.25, 0.3) is 0 Å². The van der Waals surface area contributed by atoms with Crippen LogP contribution in [0.15, 0.2) is 60.9 Å². The summed E-state index contributed by atoms with van der Waals surface area (Å²) in [6.45, 7) is 0.993. The van der Waals surface area contributed by atoms with Crippen LogP contribution >= 0.6 is 0 Å². The van der Waals surface area contributed by atoms with Crippen molar-refractivity contribution >= 4 is 11.6 Å². The van der Waals surface area contributed by atoms with Crippen LogP contribution < -0.4 is 16.8 Å². The lowest BCUT2D eigenvalue weighted by Gasteiger charge is -2.11. The molecule has 0 aliphatic heterocycles. The van der Waals surface area contributed by atoms with Gasteiger partial charge in [0.2, 0.25) is 5.91 Å². The summed E-state index contributed by atoms with van der Waals surface area (Å²) in [5, 5.41) is 3.10. The smallest absolute Gasteiger partial charge is 0.223 e. The van der Waals surface area contributed by atoms with Crippen molar-refractivity contribution in [2.45, 2.75) is 19.4 Å².